The van der Waals surface area contributed by atoms with E-state index in [2.05, 4.69) is 76.7 Å². The minimum absolute atomic E-state index is 0.113. The number of hydrogen-bond acceptors (Lipinski definition) is 17. The number of aryl methyl sites for hydroxylation is 4. The molecule has 0 aliphatic heterocycles. The van der Waals surface area contributed by atoms with Crippen molar-refractivity contribution in [3.05, 3.63) is 106 Å². The van der Waals surface area contributed by atoms with Crippen LogP contribution in [0.5, 0.6) is 0 Å². The summed E-state index contributed by atoms with van der Waals surface area (Å²) < 4.78 is 8.72. The van der Waals surface area contributed by atoms with Crippen molar-refractivity contribution in [2.24, 2.45) is 14.1 Å². The van der Waals surface area contributed by atoms with Crippen molar-refractivity contribution in [3.63, 3.8) is 0 Å². The summed E-state index contributed by atoms with van der Waals surface area (Å²) in [4.78, 5) is 99.5. The highest BCUT2D eigenvalue weighted by atomic mass is 35.5. The molecule has 2 unspecified atom stereocenters. The molecular weight excluding hydrogens is 1010 g/mol. The molecule has 8 aromatic rings. The highest BCUT2D eigenvalue weighted by molar-refractivity contribution is 6.30. The number of anilines is 4. The van der Waals surface area contributed by atoms with Crippen LogP contribution >= 0.6 is 23.2 Å². The third-order valence-corrected chi connectivity index (χ3v) is 11.6. The molecule has 8 aromatic heterocycles. The lowest BCUT2D eigenvalue weighted by atomic mass is 10.1. The lowest BCUT2D eigenvalue weighted by molar-refractivity contribution is -0.120. The molecule has 0 saturated carbocycles. The number of amides is 5. The first kappa shape index (κ1) is 54.2. The zero-order chi connectivity index (χ0) is 54.5. The van der Waals surface area contributed by atoms with Gasteiger partial charge in [-0.3, -0.25) is 33.4 Å². The number of nitrogens with one attached hydrogen (secondary N) is 5. The Morgan fingerprint density at radius 1 is 0.627 bits per heavy atom. The van der Waals surface area contributed by atoms with Gasteiger partial charge in [0.15, 0.2) is 0 Å². The molecule has 5 amide bonds. The monoisotopic (exact) mass is 1060 g/mol. The van der Waals surface area contributed by atoms with Gasteiger partial charge < -0.3 is 31.3 Å². The van der Waals surface area contributed by atoms with Crippen molar-refractivity contribution < 1.29 is 28.7 Å². The van der Waals surface area contributed by atoms with E-state index >= 15 is 0 Å². The van der Waals surface area contributed by atoms with E-state index in [1.807, 2.05) is 13.8 Å². The van der Waals surface area contributed by atoms with Crippen LogP contribution in [0.2, 0.25) is 10.0 Å². The maximum Gasteiger partial charge on any atom is 0.410 e. The first-order valence-corrected chi connectivity index (χ1v) is 23.7. The lowest BCUT2D eigenvalue weighted by Crippen LogP contribution is -2.45. The topological polar surface area (TPSA) is 297 Å². The third-order valence-electron chi connectivity index (χ3n) is 11.1. The van der Waals surface area contributed by atoms with Crippen molar-refractivity contribution in [2.45, 2.75) is 66.2 Å². The number of ether oxygens (including phenoxy) is 1. The molecule has 0 aliphatic carbocycles. The molecule has 75 heavy (non-hydrogen) atoms. The fourth-order valence-electron chi connectivity index (χ4n) is 7.20. The molecule has 0 fully saturated rings. The Kier molecular flexibility index (Phi) is 16.4. The van der Waals surface area contributed by atoms with Gasteiger partial charge in [0.25, 0.3) is 11.8 Å². The van der Waals surface area contributed by atoms with Crippen LogP contribution in [0.1, 0.15) is 67.0 Å². The number of fused-ring (bicyclic) bond motifs is 2. The highest BCUT2D eigenvalue weighted by Gasteiger charge is 2.28. The zero-order valence-corrected chi connectivity index (χ0v) is 44.1. The second-order valence-electron chi connectivity index (χ2n) is 17.9. The van der Waals surface area contributed by atoms with Gasteiger partial charge in [0.2, 0.25) is 11.8 Å². The number of halogens is 2. The molecule has 24 nitrogen and oxygen atoms in total. The van der Waals surface area contributed by atoms with Crippen molar-refractivity contribution in [3.8, 4) is 22.5 Å². The molecule has 5 N–H and O–H groups in total. The average Bonchev–Trinajstić information content (AvgIpc) is 3.84. The van der Waals surface area contributed by atoms with Gasteiger partial charge in [-0.15, -0.1) is 0 Å². The van der Waals surface area contributed by atoms with Gasteiger partial charge in [-0.2, -0.15) is 10.2 Å². The molecule has 2 atom stereocenters. The molecular formula is C49H52Cl2N18O6. The van der Waals surface area contributed by atoms with Crippen molar-refractivity contribution in [2.75, 3.05) is 35.4 Å². The van der Waals surface area contributed by atoms with Gasteiger partial charge in [-0.1, -0.05) is 23.2 Å². The maximum absolute atomic E-state index is 13.2. The van der Waals surface area contributed by atoms with Gasteiger partial charge in [0.1, 0.15) is 81.0 Å². The SMILES string of the molecule is CNC(C)C(=O)Nc1cc(-c2ncnc3c(C)nn(C)c23)cc(NC(=O)c2ccc(Cl)cn2)n1.Cc1nn(C)c2c(-c3cc(NC(=O)c4ccc(Cl)cn4)nc(NC(=O)C(C)N(C)C(=O)OC(C)(C)C)c3)ncnc12. The van der Waals surface area contributed by atoms with Crippen LogP contribution in [-0.4, -0.2) is 126 Å². The van der Waals surface area contributed by atoms with Crippen molar-refractivity contribution >= 4 is 98.3 Å². The fraction of sp³-hybridized carbons (Fsp3) is 0.286. The quantitative estimate of drug-likeness (QED) is 0.0839. The summed E-state index contributed by atoms with van der Waals surface area (Å²) in [6.45, 7) is 12.2. The second kappa shape index (κ2) is 22.7. The van der Waals surface area contributed by atoms with Crippen LogP contribution in [0, 0.1) is 13.8 Å². The van der Waals surface area contributed by atoms with E-state index in [9.17, 15) is 24.0 Å². The molecule has 8 rings (SSSR count). The number of carbonyl (C=O) groups is 5. The predicted molar refractivity (Wildman–Crippen MR) is 282 cm³/mol. The Bertz CT molecular complexity index is 3470. The zero-order valence-electron chi connectivity index (χ0n) is 42.6. The van der Waals surface area contributed by atoms with Gasteiger partial charge in [-0.05, 0) is 104 Å². The number of likely N-dealkylation sites (N-methyl/N-ethyl adjacent to an activating group) is 2. The number of carbonyl (C=O) groups excluding carboxylic acids is 5. The standard InChI is InChI=1S/C27H30ClN9O4.C22H22ClN9O2/c1-14-21-23(37(7)35-14)22(31-13-30-21)16-10-19(33-24(38)15(2)36(6)26(40)41-27(3,4)5)32-20(11-16)34-25(39)18-9-8-17(28)12-29-18;1-11-18-20(32(4)31-11)19(27-10-26-18)13-7-16(29-21(33)12(2)24-3)28-17(8-13)30-22(34)15-6-5-14(23)9-25-15/h8-13,15H,1-7H3,(H2,32,33,34,38,39);5-10,12,24H,1-4H3,(H2,28,29,30,33,34). The van der Waals surface area contributed by atoms with E-state index in [0.717, 1.165) is 11.4 Å². The van der Waals surface area contributed by atoms with Crippen LogP contribution in [0.25, 0.3) is 44.6 Å². The van der Waals surface area contributed by atoms with Gasteiger partial charge >= 0.3 is 6.09 Å². The molecule has 0 aromatic carbocycles. The number of aromatic nitrogens is 12. The second-order valence-corrected chi connectivity index (χ2v) is 18.8. The Hall–Kier alpha value is -8.61. The van der Waals surface area contributed by atoms with Crippen LogP contribution in [0.3, 0.4) is 0 Å². The number of nitrogens with zero attached hydrogens (tertiary/aromatic N) is 13. The third kappa shape index (κ3) is 13.0. The molecule has 8 heterocycles. The first-order chi connectivity index (χ1) is 35.5. The van der Waals surface area contributed by atoms with Gasteiger partial charge in [-0.25, -0.2) is 44.7 Å². The molecule has 0 spiro atoms. The average molecular weight is 1060 g/mol. The van der Waals surface area contributed by atoms with Gasteiger partial charge in [0.05, 0.1) is 38.9 Å². The molecule has 0 saturated heterocycles. The van der Waals surface area contributed by atoms with E-state index in [1.165, 1.54) is 49.1 Å². The smallest absolute Gasteiger partial charge is 0.410 e. The lowest BCUT2D eigenvalue weighted by Gasteiger charge is -2.28. The summed E-state index contributed by atoms with van der Waals surface area (Å²) in [5.41, 5.74) is 5.98. The Morgan fingerprint density at radius 2 is 1.04 bits per heavy atom. The van der Waals surface area contributed by atoms with Crippen LogP contribution < -0.4 is 26.6 Å². The summed E-state index contributed by atoms with van der Waals surface area (Å²) in [6, 6.07) is 11.3. The van der Waals surface area contributed by atoms with Crippen LogP contribution in [0.4, 0.5) is 28.1 Å². The van der Waals surface area contributed by atoms with Crippen LogP contribution in [-0.2, 0) is 28.4 Å². The highest BCUT2D eigenvalue weighted by Crippen LogP contribution is 2.32. The van der Waals surface area contributed by atoms with E-state index in [-0.39, 0.29) is 40.6 Å². The summed E-state index contributed by atoms with van der Waals surface area (Å²) >= 11 is 11.8. The predicted octanol–water partition coefficient (Wildman–Crippen LogP) is 6.81. The van der Waals surface area contributed by atoms with E-state index in [1.54, 1.807) is 102 Å². The fourth-order valence-corrected chi connectivity index (χ4v) is 7.43. The molecule has 0 bridgehead atoms. The summed E-state index contributed by atoms with van der Waals surface area (Å²) in [7, 11) is 6.72. The Balaban J connectivity index is 0.000000222. The largest absolute Gasteiger partial charge is 0.444 e. The van der Waals surface area contributed by atoms with E-state index < -0.39 is 41.5 Å². The minimum Gasteiger partial charge on any atom is -0.444 e. The minimum atomic E-state index is -0.905. The first-order valence-electron chi connectivity index (χ1n) is 22.9. The number of rotatable bonds is 12. The van der Waals surface area contributed by atoms with Crippen molar-refractivity contribution in [1.82, 2.24) is 69.6 Å². The molecule has 26 heteroatoms. The molecule has 388 valence electrons. The van der Waals surface area contributed by atoms with E-state index in [4.69, 9.17) is 27.9 Å². The Labute approximate surface area is 439 Å². The number of hydrogen-bond donors (Lipinski definition) is 5. The number of pyridine rings is 4. The van der Waals surface area contributed by atoms with Crippen LogP contribution in [0.15, 0.2) is 73.6 Å². The van der Waals surface area contributed by atoms with Gasteiger partial charge in [0, 0.05) is 44.7 Å². The molecule has 0 aliphatic rings. The van der Waals surface area contributed by atoms with E-state index in [0.29, 0.717) is 54.6 Å². The Morgan fingerprint density at radius 3 is 1.43 bits per heavy atom. The summed E-state index contributed by atoms with van der Waals surface area (Å²) in [5, 5.41) is 23.5. The normalized spacial score (nSPS) is 12.0. The van der Waals surface area contributed by atoms with Crippen molar-refractivity contribution in [1.29, 1.82) is 0 Å². The summed E-state index contributed by atoms with van der Waals surface area (Å²) in [5.74, 6) is -1.14. The summed E-state index contributed by atoms with van der Waals surface area (Å²) in [6.07, 6.45) is 4.95. The molecule has 0 radical (unpaired) electrons. The maximum atomic E-state index is 13.2.